The van der Waals surface area contributed by atoms with Crippen molar-refractivity contribution in [2.45, 2.75) is 39.7 Å². The molecular formula is C13H17IN4O. The van der Waals surface area contributed by atoms with Crippen molar-refractivity contribution in [3.63, 3.8) is 0 Å². The van der Waals surface area contributed by atoms with Gasteiger partial charge in [0.15, 0.2) is 5.82 Å². The topological polar surface area (TPSA) is 63.6 Å². The van der Waals surface area contributed by atoms with Gasteiger partial charge in [0.2, 0.25) is 0 Å². The predicted molar refractivity (Wildman–Crippen MR) is 83.1 cm³/mol. The summed E-state index contributed by atoms with van der Waals surface area (Å²) in [6.45, 7) is 5.06. The summed E-state index contributed by atoms with van der Waals surface area (Å²) in [4.78, 5) is 23.5. The molecule has 0 bridgehead atoms. The summed E-state index contributed by atoms with van der Waals surface area (Å²) in [6.07, 6.45) is 6.32. The normalized spacial score (nSPS) is 10.9. The van der Waals surface area contributed by atoms with Crippen LogP contribution in [0.15, 0.2) is 17.3 Å². The summed E-state index contributed by atoms with van der Waals surface area (Å²) in [5, 5.41) is 0. The lowest BCUT2D eigenvalue weighted by Gasteiger charge is -2.08. The number of hydrogen-bond acceptors (Lipinski definition) is 3. The minimum absolute atomic E-state index is 0.0710. The highest BCUT2D eigenvalue weighted by molar-refractivity contribution is 14.1. The zero-order valence-corrected chi connectivity index (χ0v) is 13.3. The summed E-state index contributed by atoms with van der Waals surface area (Å²) >= 11 is 2.06. The Hall–Kier alpha value is -1.18. The second kappa shape index (κ2) is 6.31. The molecular weight excluding hydrogens is 355 g/mol. The Kier molecular flexibility index (Phi) is 4.73. The van der Waals surface area contributed by atoms with Gasteiger partial charge in [-0.2, -0.15) is 0 Å². The first kappa shape index (κ1) is 14.2. The Morgan fingerprint density at radius 2 is 2.16 bits per heavy atom. The fraction of sp³-hybridized carbons (Fsp3) is 0.462. The van der Waals surface area contributed by atoms with Crippen LogP contribution in [-0.2, 0) is 13.0 Å². The van der Waals surface area contributed by atoms with Gasteiger partial charge in [-0.25, -0.2) is 9.97 Å². The Morgan fingerprint density at radius 1 is 1.37 bits per heavy atom. The average molecular weight is 372 g/mol. The van der Waals surface area contributed by atoms with Crippen LogP contribution >= 0.6 is 22.6 Å². The van der Waals surface area contributed by atoms with E-state index in [0.29, 0.717) is 9.39 Å². The van der Waals surface area contributed by atoms with Gasteiger partial charge in [-0.15, -0.1) is 0 Å². The molecule has 2 aromatic rings. The van der Waals surface area contributed by atoms with E-state index in [1.807, 2.05) is 4.57 Å². The molecule has 5 nitrogen and oxygen atoms in total. The smallest absolute Gasteiger partial charge is 0.264 e. The van der Waals surface area contributed by atoms with Crippen LogP contribution in [0.4, 0.5) is 0 Å². The van der Waals surface area contributed by atoms with E-state index in [9.17, 15) is 4.79 Å². The molecule has 0 saturated heterocycles. The monoisotopic (exact) mass is 372 g/mol. The highest BCUT2D eigenvalue weighted by Gasteiger charge is 2.12. The number of imidazole rings is 1. The predicted octanol–water partition coefficient (Wildman–Crippen LogP) is 2.60. The standard InChI is InChI=1S/C13H17IN4O/c1-3-5-9-11(14)13(19)17-12(16-9)10-7-15-8-18(10)6-4-2/h7-8H,3-6H2,1-2H3,(H,16,17,19). The third-order valence-electron chi connectivity index (χ3n) is 2.84. The zero-order valence-electron chi connectivity index (χ0n) is 11.1. The number of aromatic nitrogens is 4. The molecule has 0 aliphatic heterocycles. The number of aryl methyl sites for hydroxylation is 2. The van der Waals surface area contributed by atoms with E-state index in [1.54, 1.807) is 12.5 Å². The summed E-state index contributed by atoms with van der Waals surface area (Å²) in [5.41, 5.74) is 1.66. The van der Waals surface area contributed by atoms with Crippen molar-refractivity contribution in [1.82, 2.24) is 19.5 Å². The first-order valence-corrected chi connectivity index (χ1v) is 7.54. The third kappa shape index (κ3) is 3.05. The molecule has 0 amide bonds. The van der Waals surface area contributed by atoms with Crippen molar-refractivity contribution in [1.29, 1.82) is 0 Å². The number of nitrogens with one attached hydrogen (secondary N) is 1. The number of halogens is 1. The van der Waals surface area contributed by atoms with E-state index in [0.717, 1.165) is 37.2 Å². The molecule has 0 unspecified atom stereocenters. The molecule has 102 valence electrons. The number of H-pyrrole nitrogens is 1. The molecule has 0 spiro atoms. The Bertz CT molecular complexity index is 617. The van der Waals surface area contributed by atoms with Crippen molar-refractivity contribution in [3.05, 3.63) is 32.1 Å². The van der Waals surface area contributed by atoms with Gasteiger partial charge in [-0.05, 0) is 35.4 Å². The van der Waals surface area contributed by atoms with E-state index in [-0.39, 0.29) is 5.56 Å². The van der Waals surface area contributed by atoms with Gasteiger partial charge in [0.05, 0.1) is 21.8 Å². The maximum absolute atomic E-state index is 12.0. The van der Waals surface area contributed by atoms with Crippen molar-refractivity contribution in [2.24, 2.45) is 0 Å². The molecule has 2 heterocycles. The van der Waals surface area contributed by atoms with Crippen molar-refractivity contribution in [3.8, 4) is 11.5 Å². The fourth-order valence-corrected chi connectivity index (χ4v) is 2.49. The molecule has 0 aromatic carbocycles. The summed E-state index contributed by atoms with van der Waals surface area (Å²) in [7, 11) is 0. The second-order valence-electron chi connectivity index (χ2n) is 4.40. The van der Waals surface area contributed by atoms with E-state index >= 15 is 0 Å². The third-order valence-corrected chi connectivity index (χ3v) is 3.95. The maximum Gasteiger partial charge on any atom is 0.264 e. The van der Waals surface area contributed by atoms with Crippen molar-refractivity contribution >= 4 is 22.6 Å². The molecule has 6 heteroatoms. The van der Waals surface area contributed by atoms with Crippen molar-refractivity contribution in [2.75, 3.05) is 0 Å². The van der Waals surface area contributed by atoms with Gasteiger partial charge in [-0.3, -0.25) is 4.79 Å². The molecule has 0 aliphatic rings. The molecule has 1 N–H and O–H groups in total. The van der Waals surface area contributed by atoms with E-state index in [1.165, 1.54) is 0 Å². The van der Waals surface area contributed by atoms with Gasteiger partial charge in [-0.1, -0.05) is 20.3 Å². The summed E-state index contributed by atoms with van der Waals surface area (Å²) in [6, 6.07) is 0. The van der Waals surface area contributed by atoms with E-state index in [2.05, 4.69) is 51.4 Å². The van der Waals surface area contributed by atoms with E-state index in [4.69, 9.17) is 0 Å². The summed E-state index contributed by atoms with van der Waals surface area (Å²) in [5.74, 6) is 0.611. The molecule has 2 rings (SSSR count). The van der Waals surface area contributed by atoms with Crippen LogP contribution in [0, 0.1) is 3.57 Å². The molecule has 0 saturated carbocycles. The first-order chi connectivity index (χ1) is 9.17. The van der Waals surface area contributed by atoms with Gasteiger partial charge < -0.3 is 9.55 Å². The van der Waals surface area contributed by atoms with Crippen LogP contribution < -0.4 is 5.56 Å². The lowest BCUT2D eigenvalue weighted by atomic mass is 10.2. The molecule has 0 radical (unpaired) electrons. The van der Waals surface area contributed by atoms with Crippen LogP contribution in [0.2, 0.25) is 0 Å². The van der Waals surface area contributed by atoms with Crippen LogP contribution in [0.5, 0.6) is 0 Å². The lowest BCUT2D eigenvalue weighted by molar-refractivity contribution is 0.680. The zero-order chi connectivity index (χ0) is 13.8. The van der Waals surface area contributed by atoms with Crippen LogP contribution in [0.25, 0.3) is 11.5 Å². The minimum atomic E-state index is -0.0710. The van der Waals surface area contributed by atoms with Crippen LogP contribution in [0.3, 0.4) is 0 Å². The quantitative estimate of drug-likeness (QED) is 0.821. The number of nitrogens with zero attached hydrogens (tertiary/aromatic N) is 3. The average Bonchev–Trinajstić information content (AvgIpc) is 2.84. The number of hydrogen-bond donors (Lipinski definition) is 1. The van der Waals surface area contributed by atoms with Crippen LogP contribution in [0.1, 0.15) is 32.4 Å². The fourth-order valence-electron chi connectivity index (χ4n) is 1.97. The summed E-state index contributed by atoms with van der Waals surface area (Å²) < 4.78 is 2.70. The number of rotatable bonds is 5. The van der Waals surface area contributed by atoms with E-state index < -0.39 is 0 Å². The maximum atomic E-state index is 12.0. The number of aromatic amines is 1. The minimum Gasteiger partial charge on any atom is -0.328 e. The highest BCUT2D eigenvalue weighted by atomic mass is 127. The highest BCUT2D eigenvalue weighted by Crippen LogP contribution is 2.16. The Labute approximate surface area is 125 Å². The molecule has 0 atom stereocenters. The lowest BCUT2D eigenvalue weighted by Crippen LogP contribution is -2.17. The second-order valence-corrected chi connectivity index (χ2v) is 5.48. The molecule has 0 fully saturated rings. The van der Waals surface area contributed by atoms with Gasteiger partial charge in [0, 0.05) is 6.54 Å². The van der Waals surface area contributed by atoms with Crippen molar-refractivity contribution < 1.29 is 0 Å². The Morgan fingerprint density at radius 3 is 2.84 bits per heavy atom. The first-order valence-electron chi connectivity index (χ1n) is 6.46. The molecule has 2 aromatic heterocycles. The largest absolute Gasteiger partial charge is 0.328 e. The van der Waals surface area contributed by atoms with Gasteiger partial charge >= 0.3 is 0 Å². The SMILES string of the molecule is CCCc1nc(-c2cncn2CCC)[nH]c(=O)c1I. The molecule has 0 aliphatic carbocycles. The molecule has 19 heavy (non-hydrogen) atoms. The Balaban J connectivity index is 2.50. The van der Waals surface area contributed by atoms with Gasteiger partial charge in [0.1, 0.15) is 5.69 Å². The van der Waals surface area contributed by atoms with Gasteiger partial charge in [0.25, 0.3) is 5.56 Å². The van der Waals surface area contributed by atoms with Crippen LogP contribution in [-0.4, -0.2) is 19.5 Å².